The maximum atomic E-state index is 5.98. The third-order valence-corrected chi connectivity index (χ3v) is 9.17. The minimum Gasteiger partial charge on any atom is -0.273 e. The van der Waals surface area contributed by atoms with Gasteiger partial charge in [-0.3, -0.25) is 6.08 Å². The molecule has 0 nitrogen and oxygen atoms in total. The molecule has 0 fully saturated rings. The Balaban J connectivity index is 0.000000170. The molecule has 0 heterocycles. The standard InChI is InChI=1S/C21H25.C13H8Cl2.C5H5.Zr/c1-20(2,3)16-7-9-18-14(12-16)11-15-13-17(21(4,5)6)8-10-19(15)18;14-12-5-1-3-10(8-12)7-11-4-2-6-13(15)9-11;1-2-4-5-3-1;/h7-10,12H,11H2,1-6H3;1-6,8-9H;1-3H,4H2;/q-1;;-1;+2. The van der Waals surface area contributed by atoms with E-state index >= 15 is 0 Å². The van der Waals surface area contributed by atoms with Gasteiger partial charge in [-0.05, 0) is 28.4 Å². The summed E-state index contributed by atoms with van der Waals surface area (Å²) < 4.78 is 1.26. The van der Waals surface area contributed by atoms with Crippen molar-refractivity contribution in [3.63, 3.8) is 0 Å². The van der Waals surface area contributed by atoms with Gasteiger partial charge in [-0.15, -0.1) is 17.5 Å². The van der Waals surface area contributed by atoms with Crippen LogP contribution >= 0.6 is 23.2 Å². The molecule has 0 radical (unpaired) electrons. The van der Waals surface area contributed by atoms with Crippen molar-refractivity contribution in [1.82, 2.24) is 0 Å². The van der Waals surface area contributed by atoms with Gasteiger partial charge in [-0.1, -0.05) is 65.3 Å². The summed E-state index contributed by atoms with van der Waals surface area (Å²) in [5.41, 5.74) is 11.0. The SMILES string of the molecule is CC(C)(C)c1[c-]c2c(cc1)-c1ccc(C(C)(C)C)cc1C2.Clc1cccc([C](=[Zr+2])c2cccc(Cl)c2)c1.[C-]1=CC=CC1. The molecule has 0 N–H and O–H groups in total. The van der Waals surface area contributed by atoms with Crippen molar-refractivity contribution in [3.05, 3.63) is 153 Å². The van der Waals surface area contributed by atoms with Crippen LogP contribution in [0.25, 0.3) is 11.1 Å². The van der Waals surface area contributed by atoms with E-state index in [1.807, 2.05) is 48.6 Å². The normalized spacial score (nSPS) is 13.0. The minimum atomic E-state index is 0.167. The molecule has 0 saturated heterocycles. The Kier molecular flexibility index (Phi) is 10.9. The largest absolute Gasteiger partial charge is 0.273 e. The van der Waals surface area contributed by atoms with Crippen LogP contribution in [0.1, 0.15) is 81.3 Å². The Bertz CT molecular complexity index is 1510. The van der Waals surface area contributed by atoms with Crippen LogP contribution in [0, 0.1) is 12.1 Å². The van der Waals surface area contributed by atoms with Crippen LogP contribution in [0.5, 0.6) is 0 Å². The van der Waals surface area contributed by atoms with Gasteiger partial charge < -0.3 is 0 Å². The van der Waals surface area contributed by atoms with E-state index in [-0.39, 0.29) is 10.8 Å². The summed E-state index contributed by atoms with van der Waals surface area (Å²) in [6.45, 7) is 13.6. The molecule has 212 valence electrons. The molecular weight excluding hydrogens is 631 g/mol. The second kappa shape index (κ2) is 14.0. The average molecular weight is 669 g/mol. The zero-order chi connectivity index (χ0) is 30.5. The zero-order valence-corrected chi connectivity index (χ0v) is 29.4. The molecule has 0 unspecified atom stereocenters. The minimum absolute atomic E-state index is 0.167. The van der Waals surface area contributed by atoms with Crippen LogP contribution in [0.15, 0.2) is 97.1 Å². The number of hydrogen-bond donors (Lipinski definition) is 0. The van der Waals surface area contributed by atoms with Crippen LogP contribution < -0.4 is 0 Å². The second-order valence-electron chi connectivity index (χ2n) is 12.7. The Labute approximate surface area is 277 Å². The van der Waals surface area contributed by atoms with E-state index < -0.39 is 0 Å². The van der Waals surface area contributed by atoms with Gasteiger partial charge in [0.2, 0.25) is 0 Å². The Hall–Kier alpha value is -2.31. The average Bonchev–Trinajstić information content (AvgIpc) is 3.63. The number of benzene rings is 4. The van der Waals surface area contributed by atoms with Crippen LogP contribution in [0.4, 0.5) is 0 Å². The van der Waals surface area contributed by atoms with E-state index in [4.69, 9.17) is 23.2 Å². The molecule has 3 heteroatoms. The molecule has 0 saturated carbocycles. The first-order valence-electron chi connectivity index (χ1n) is 14.3. The number of halogens is 2. The van der Waals surface area contributed by atoms with Crippen molar-refractivity contribution in [2.45, 2.75) is 65.2 Å². The molecule has 0 bridgehead atoms. The first-order valence-corrected chi connectivity index (χ1v) is 16.3. The van der Waals surface area contributed by atoms with Gasteiger partial charge in [0.25, 0.3) is 0 Å². The number of hydrogen-bond acceptors (Lipinski definition) is 0. The number of rotatable bonds is 2. The monoisotopic (exact) mass is 666 g/mol. The van der Waals surface area contributed by atoms with Gasteiger partial charge in [0.1, 0.15) is 0 Å². The molecule has 0 aromatic heterocycles. The molecule has 42 heavy (non-hydrogen) atoms. The fourth-order valence-electron chi connectivity index (χ4n) is 4.82. The van der Waals surface area contributed by atoms with Crippen molar-refractivity contribution in [3.8, 4) is 11.1 Å². The third kappa shape index (κ3) is 8.63. The summed E-state index contributed by atoms with van der Waals surface area (Å²) in [4.78, 5) is 0. The molecule has 6 rings (SSSR count). The van der Waals surface area contributed by atoms with E-state index in [1.165, 1.54) is 60.8 Å². The molecule has 2 aliphatic rings. The van der Waals surface area contributed by atoms with Crippen molar-refractivity contribution in [2.24, 2.45) is 0 Å². The van der Waals surface area contributed by atoms with Gasteiger partial charge in [-0.2, -0.15) is 29.8 Å². The van der Waals surface area contributed by atoms with E-state index in [2.05, 4.69) is 102 Å². The summed E-state index contributed by atoms with van der Waals surface area (Å²) in [6.07, 6.45) is 11.0. The van der Waals surface area contributed by atoms with Gasteiger partial charge >= 0.3 is 120 Å². The summed E-state index contributed by atoms with van der Waals surface area (Å²) in [6, 6.07) is 31.0. The van der Waals surface area contributed by atoms with E-state index in [0.29, 0.717) is 0 Å². The Morgan fingerprint density at radius 2 is 1.36 bits per heavy atom. The summed E-state index contributed by atoms with van der Waals surface area (Å²) >= 11 is 13.3. The Morgan fingerprint density at radius 3 is 1.83 bits per heavy atom. The van der Waals surface area contributed by atoms with Crippen LogP contribution in [0.3, 0.4) is 0 Å². The smallest absolute Gasteiger partial charge is 0.109 e. The van der Waals surface area contributed by atoms with E-state index in [0.717, 1.165) is 34.0 Å². The topological polar surface area (TPSA) is 0 Å². The quantitative estimate of drug-likeness (QED) is 0.164. The van der Waals surface area contributed by atoms with E-state index in [9.17, 15) is 0 Å². The van der Waals surface area contributed by atoms with Crippen LogP contribution in [-0.4, -0.2) is 3.21 Å². The summed E-state index contributed by atoms with van der Waals surface area (Å²) in [7, 11) is 0. The molecule has 0 atom stereocenters. The fraction of sp³-hybridized carbons (Fsp3) is 0.256. The predicted molar refractivity (Wildman–Crippen MR) is 179 cm³/mol. The second-order valence-corrected chi connectivity index (χ2v) is 14.8. The van der Waals surface area contributed by atoms with Gasteiger partial charge in [0, 0.05) is 0 Å². The van der Waals surface area contributed by atoms with Gasteiger partial charge in [0.05, 0.1) is 0 Å². The third-order valence-electron chi connectivity index (χ3n) is 7.28. The molecule has 2 aliphatic carbocycles. The Morgan fingerprint density at radius 1 is 0.738 bits per heavy atom. The van der Waals surface area contributed by atoms with Gasteiger partial charge in [-0.25, -0.2) is 12.2 Å². The molecule has 0 amide bonds. The summed E-state index contributed by atoms with van der Waals surface area (Å²) in [5.74, 6) is 0. The van der Waals surface area contributed by atoms with Crippen molar-refractivity contribution in [2.75, 3.05) is 0 Å². The van der Waals surface area contributed by atoms with Crippen molar-refractivity contribution < 1.29 is 24.2 Å². The van der Waals surface area contributed by atoms with Gasteiger partial charge in [0.15, 0.2) is 0 Å². The van der Waals surface area contributed by atoms with Crippen molar-refractivity contribution >= 4 is 26.4 Å². The molecule has 0 aliphatic heterocycles. The molecular formula is C39H38Cl2Zr. The van der Waals surface area contributed by atoms with Crippen molar-refractivity contribution in [1.29, 1.82) is 0 Å². The summed E-state index contributed by atoms with van der Waals surface area (Å²) in [5, 5.41) is 1.53. The molecule has 0 spiro atoms. The maximum Gasteiger partial charge on any atom is -0.109 e. The van der Waals surface area contributed by atoms with Crippen LogP contribution in [0.2, 0.25) is 10.0 Å². The molecule has 4 aromatic carbocycles. The first kappa shape index (κ1) is 32.6. The molecule has 4 aromatic rings. The van der Waals surface area contributed by atoms with E-state index in [1.54, 1.807) is 0 Å². The zero-order valence-electron chi connectivity index (χ0n) is 25.4. The van der Waals surface area contributed by atoms with Crippen LogP contribution in [-0.2, 0) is 41.5 Å². The fourth-order valence-corrected chi connectivity index (χ4v) is 5.97. The maximum absolute atomic E-state index is 5.98. The number of allylic oxidation sites excluding steroid dienone is 4. The number of fused-ring (bicyclic) bond motifs is 3. The predicted octanol–water partition coefficient (Wildman–Crippen LogP) is 11.1. The first-order chi connectivity index (χ1) is 19.8.